The zero-order valence-electron chi connectivity index (χ0n) is 15.2. The maximum atomic E-state index is 12.2. The minimum atomic E-state index is -3.02. The second-order valence-electron chi connectivity index (χ2n) is 5.78. The Bertz CT molecular complexity index is 908. The van der Waals surface area contributed by atoms with Crippen LogP contribution in [0.25, 0.3) is 0 Å². The van der Waals surface area contributed by atoms with Gasteiger partial charge in [-0.3, -0.25) is 14.4 Å². The van der Waals surface area contributed by atoms with E-state index >= 15 is 0 Å². The van der Waals surface area contributed by atoms with Crippen molar-refractivity contribution in [2.45, 2.75) is 13.5 Å². The lowest BCUT2D eigenvalue weighted by atomic mass is 10.2. The lowest BCUT2D eigenvalue weighted by molar-refractivity contribution is -0.146. The summed E-state index contributed by atoms with van der Waals surface area (Å²) in [6, 6.07) is 10.4. The summed E-state index contributed by atoms with van der Waals surface area (Å²) in [5, 5.41) is 4.85. The zero-order chi connectivity index (χ0) is 21.4. The molecular formula is C19H17BrF2N2O5. The summed E-state index contributed by atoms with van der Waals surface area (Å²) in [4.78, 5) is 35.6. The zero-order valence-corrected chi connectivity index (χ0v) is 16.8. The molecule has 0 bridgehead atoms. The number of rotatable bonds is 8. The molecule has 0 fully saturated rings. The van der Waals surface area contributed by atoms with Crippen LogP contribution in [0, 0.1) is 6.92 Å². The third kappa shape index (κ3) is 7.49. The molecule has 0 radical (unpaired) electrons. The molecule has 0 aromatic heterocycles. The first-order valence-electron chi connectivity index (χ1n) is 8.29. The highest BCUT2D eigenvalue weighted by Crippen LogP contribution is 2.23. The SMILES string of the molecule is Cc1ccc(NC(=O)COC(=O)CNC(=O)c2cccc(OC(F)F)c2)c(Br)c1. The third-order valence-electron chi connectivity index (χ3n) is 3.48. The quantitative estimate of drug-likeness (QED) is 0.577. The number of hydrogen-bond acceptors (Lipinski definition) is 5. The summed E-state index contributed by atoms with van der Waals surface area (Å²) >= 11 is 3.32. The van der Waals surface area contributed by atoms with Crippen LogP contribution in [0.15, 0.2) is 46.9 Å². The van der Waals surface area contributed by atoms with Gasteiger partial charge in [0.2, 0.25) is 0 Å². The molecule has 0 aliphatic heterocycles. The molecule has 2 N–H and O–H groups in total. The number of hydrogen-bond donors (Lipinski definition) is 2. The van der Waals surface area contributed by atoms with Crippen molar-refractivity contribution in [1.29, 1.82) is 0 Å². The van der Waals surface area contributed by atoms with E-state index in [0.29, 0.717) is 10.2 Å². The maximum absolute atomic E-state index is 12.2. The molecule has 0 unspecified atom stereocenters. The van der Waals surface area contributed by atoms with Crippen molar-refractivity contribution in [3.8, 4) is 5.75 Å². The summed E-state index contributed by atoms with van der Waals surface area (Å²) in [6.45, 7) is -2.16. The first kappa shape index (κ1) is 22.3. The molecule has 0 spiro atoms. The van der Waals surface area contributed by atoms with Crippen molar-refractivity contribution in [3.05, 3.63) is 58.1 Å². The van der Waals surface area contributed by atoms with Crippen molar-refractivity contribution in [2.75, 3.05) is 18.5 Å². The molecule has 0 saturated heterocycles. The Balaban J connectivity index is 1.77. The van der Waals surface area contributed by atoms with Gasteiger partial charge in [-0.15, -0.1) is 0 Å². The van der Waals surface area contributed by atoms with Crippen LogP contribution in [0.5, 0.6) is 5.75 Å². The normalized spacial score (nSPS) is 10.4. The Labute approximate surface area is 173 Å². The Morgan fingerprint density at radius 1 is 1.14 bits per heavy atom. The largest absolute Gasteiger partial charge is 0.454 e. The lowest BCUT2D eigenvalue weighted by Crippen LogP contribution is -2.32. The number of aryl methyl sites for hydroxylation is 1. The monoisotopic (exact) mass is 470 g/mol. The Morgan fingerprint density at radius 2 is 1.90 bits per heavy atom. The average molecular weight is 471 g/mol. The van der Waals surface area contributed by atoms with Gasteiger partial charge in [0.05, 0.1) is 5.69 Å². The molecule has 0 aliphatic rings. The summed E-state index contributed by atoms with van der Waals surface area (Å²) in [5.41, 5.74) is 1.55. The first-order chi connectivity index (χ1) is 13.7. The number of carbonyl (C=O) groups excluding carboxylic acids is 3. The van der Waals surface area contributed by atoms with Crippen molar-refractivity contribution in [2.24, 2.45) is 0 Å². The fourth-order valence-corrected chi connectivity index (χ4v) is 2.77. The first-order valence-corrected chi connectivity index (χ1v) is 9.08. The minimum Gasteiger partial charge on any atom is -0.454 e. The van der Waals surface area contributed by atoms with E-state index < -0.39 is 37.5 Å². The van der Waals surface area contributed by atoms with Gasteiger partial charge in [-0.1, -0.05) is 12.1 Å². The predicted molar refractivity (Wildman–Crippen MR) is 104 cm³/mol. The van der Waals surface area contributed by atoms with Gasteiger partial charge in [0, 0.05) is 10.0 Å². The number of halogens is 3. The average Bonchev–Trinajstić information content (AvgIpc) is 2.66. The molecular weight excluding hydrogens is 454 g/mol. The van der Waals surface area contributed by atoms with E-state index in [1.165, 1.54) is 18.2 Å². The van der Waals surface area contributed by atoms with E-state index in [1.807, 2.05) is 19.1 Å². The van der Waals surface area contributed by atoms with Gasteiger partial charge in [-0.25, -0.2) is 0 Å². The molecule has 0 aliphatic carbocycles. The van der Waals surface area contributed by atoms with Crippen LogP contribution in [0.4, 0.5) is 14.5 Å². The molecule has 0 heterocycles. The Kier molecular flexibility index (Phi) is 8.08. The van der Waals surface area contributed by atoms with Crippen LogP contribution in [0.2, 0.25) is 0 Å². The number of amides is 2. The number of carbonyl (C=O) groups is 3. The summed E-state index contributed by atoms with van der Waals surface area (Å²) < 4.78 is 34.1. The van der Waals surface area contributed by atoms with Gasteiger partial charge in [-0.05, 0) is 58.7 Å². The molecule has 0 atom stereocenters. The van der Waals surface area contributed by atoms with E-state index in [2.05, 4.69) is 31.3 Å². The number of nitrogens with one attached hydrogen (secondary N) is 2. The fraction of sp³-hybridized carbons (Fsp3) is 0.211. The van der Waals surface area contributed by atoms with Gasteiger partial charge < -0.3 is 20.1 Å². The minimum absolute atomic E-state index is 0.0258. The summed E-state index contributed by atoms with van der Waals surface area (Å²) in [6.07, 6.45) is 0. The lowest BCUT2D eigenvalue weighted by Gasteiger charge is -2.10. The number of benzene rings is 2. The van der Waals surface area contributed by atoms with Gasteiger partial charge in [0.25, 0.3) is 11.8 Å². The van der Waals surface area contributed by atoms with Crippen LogP contribution < -0.4 is 15.4 Å². The van der Waals surface area contributed by atoms with Gasteiger partial charge in [-0.2, -0.15) is 8.78 Å². The molecule has 2 rings (SSSR count). The van der Waals surface area contributed by atoms with Crippen LogP contribution in [-0.4, -0.2) is 37.5 Å². The van der Waals surface area contributed by atoms with Crippen molar-refractivity contribution < 1.29 is 32.6 Å². The van der Waals surface area contributed by atoms with Crippen molar-refractivity contribution in [3.63, 3.8) is 0 Å². The molecule has 2 aromatic rings. The molecule has 29 heavy (non-hydrogen) atoms. The number of esters is 1. The van der Waals surface area contributed by atoms with Crippen LogP contribution in [0.1, 0.15) is 15.9 Å². The van der Waals surface area contributed by atoms with Crippen LogP contribution in [-0.2, 0) is 14.3 Å². The van der Waals surface area contributed by atoms with Gasteiger partial charge >= 0.3 is 12.6 Å². The van der Waals surface area contributed by atoms with Gasteiger partial charge in [0.15, 0.2) is 6.61 Å². The fourth-order valence-electron chi connectivity index (χ4n) is 2.17. The third-order valence-corrected chi connectivity index (χ3v) is 4.13. The number of anilines is 1. The highest BCUT2D eigenvalue weighted by molar-refractivity contribution is 9.10. The maximum Gasteiger partial charge on any atom is 0.387 e. The van der Waals surface area contributed by atoms with E-state index in [0.717, 1.165) is 11.6 Å². The van der Waals surface area contributed by atoms with E-state index in [1.54, 1.807) is 6.07 Å². The highest BCUT2D eigenvalue weighted by atomic mass is 79.9. The Hall–Kier alpha value is -3.01. The van der Waals surface area contributed by atoms with E-state index in [4.69, 9.17) is 4.74 Å². The molecule has 10 heteroatoms. The number of alkyl halides is 2. The van der Waals surface area contributed by atoms with Crippen molar-refractivity contribution in [1.82, 2.24) is 5.32 Å². The van der Waals surface area contributed by atoms with Gasteiger partial charge in [0.1, 0.15) is 12.3 Å². The van der Waals surface area contributed by atoms with Crippen molar-refractivity contribution >= 4 is 39.4 Å². The molecule has 2 amide bonds. The summed E-state index contributed by atoms with van der Waals surface area (Å²) in [5.74, 6) is -2.26. The second-order valence-corrected chi connectivity index (χ2v) is 6.64. The standard InChI is InChI=1S/C19H17BrF2N2O5/c1-11-5-6-15(14(20)7-11)24-16(25)10-28-17(26)9-23-18(27)12-3-2-4-13(8-12)29-19(21)22/h2-8,19H,9-10H2,1H3,(H,23,27)(H,24,25). The highest BCUT2D eigenvalue weighted by Gasteiger charge is 2.13. The predicted octanol–water partition coefficient (Wildman–Crippen LogP) is 3.27. The molecule has 2 aromatic carbocycles. The molecule has 154 valence electrons. The topological polar surface area (TPSA) is 93.7 Å². The second kappa shape index (κ2) is 10.5. The summed E-state index contributed by atoms with van der Waals surface area (Å²) in [7, 11) is 0. The molecule has 7 nitrogen and oxygen atoms in total. The number of ether oxygens (including phenoxy) is 2. The van der Waals surface area contributed by atoms with Crippen LogP contribution >= 0.6 is 15.9 Å². The Morgan fingerprint density at radius 3 is 2.59 bits per heavy atom. The van der Waals surface area contributed by atoms with E-state index in [9.17, 15) is 23.2 Å². The van der Waals surface area contributed by atoms with Crippen LogP contribution in [0.3, 0.4) is 0 Å². The smallest absolute Gasteiger partial charge is 0.387 e. The van der Waals surface area contributed by atoms with E-state index in [-0.39, 0.29) is 11.3 Å². The molecule has 0 saturated carbocycles.